The van der Waals surface area contributed by atoms with Crippen LogP contribution in [0.1, 0.15) is 32.6 Å². The number of aliphatic carboxylic acids is 1. The van der Waals surface area contributed by atoms with Crippen LogP contribution in [-0.2, 0) is 14.8 Å². The molecule has 0 aromatic heterocycles. The summed E-state index contributed by atoms with van der Waals surface area (Å²) in [6, 6.07) is 0. The van der Waals surface area contributed by atoms with Gasteiger partial charge in [-0.2, -0.15) is 13.5 Å². The molecule has 0 aliphatic heterocycles. The molecule has 0 spiro atoms. The number of carboxylic acid groups (broad SMARTS) is 1. The van der Waals surface area contributed by atoms with Crippen molar-refractivity contribution in [3.63, 3.8) is 0 Å². The van der Waals surface area contributed by atoms with Crippen LogP contribution in [0.5, 0.6) is 0 Å². The topological polar surface area (TPSA) is 83.5 Å². The standard InChI is InChI=1S/C9H15F2NO4S/c1-6-4-2-3-5-9(6,7(13)14)12-17(15,16)8(10)11/h6,8,12H,2-5H2,1H3,(H,13,14). The fourth-order valence-electron chi connectivity index (χ4n) is 2.16. The first-order valence-electron chi connectivity index (χ1n) is 5.27. The molecule has 1 saturated carbocycles. The molecule has 2 atom stereocenters. The molecule has 1 aliphatic rings. The Morgan fingerprint density at radius 1 is 1.47 bits per heavy atom. The molecule has 2 unspecified atom stereocenters. The summed E-state index contributed by atoms with van der Waals surface area (Å²) in [5.41, 5.74) is -1.80. The van der Waals surface area contributed by atoms with Gasteiger partial charge in [0.15, 0.2) is 0 Å². The van der Waals surface area contributed by atoms with Crippen LogP contribution in [0.3, 0.4) is 0 Å². The van der Waals surface area contributed by atoms with E-state index >= 15 is 0 Å². The van der Waals surface area contributed by atoms with Crippen LogP contribution in [0.15, 0.2) is 0 Å². The molecule has 0 bridgehead atoms. The first-order valence-corrected chi connectivity index (χ1v) is 6.81. The third kappa shape index (κ3) is 2.74. The van der Waals surface area contributed by atoms with E-state index in [1.165, 1.54) is 0 Å². The van der Waals surface area contributed by atoms with Crippen molar-refractivity contribution >= 4 is 16.0 Å². The third-order valence-corrected chi connectivity index (χ3v) is 4.36. The lowest BCUT2D eigenvalue weighted by Gasteiger charge is -2.39. The van der Waals surface area contributed by atoms with E-state index in [0.717, 1.165) is 6.42 Å². The van der Waals surface area contributed by atoms with Crippen LogP contribution in [0.4, 0.5) is 8.78 Å². The highest BCUT2D eigenvalue weighted by Crippen LogP contribution is 2.35. The first-order chi connectivity index (χ1) is 7.72. The number of carboxylic acids is 1. The minimum absolute atomic E-state index is 0.0372. The number of sulfonamides is 1. The molecular formula is C9H15F2NO4S. The van der Waals surface area contributed by atoms with Gasteiger partial charge in [0.25, 0.3) is 10.0 Å². The second kappa shape index (κ2) is 4.85. The number of nitrogens with one attached hydrogen (secondary N) is 1. The maximum atomic E-state index is 12.3. The maximum Gasteiger partial charge on any atom is 0.350 e. The minimum atomic E-state index is -4.90. The monoisotopic (exact) mass is 271 g/mol. The molecule has 5 nitrogen and oxygen atoms in total. The van der Waals surface area contributed by atoms with Crippen LogP contribution in [0.25, 0.3) is 0 Å². The summed E-state index contributed by atoms with van der Waals surface area (Å²) in [7, 11) is -4.90. The highest BCUT2D eigenvalue weighted by atomic mass is 32.2. The van der Waals surface area contributed by atoms with Gasteiger partial charge < -0.3 is 5.11 Å². The zero-order valence-electron chi connectivity index (χ0n) is 9.32. The summed E-state index contributed by atoms with van der Waals surface area (Å²) >= 11 is 0. The van der Waals surface area contributed by atoms with E-state index in [0.29, 0.717) is 12.8 Å². The van der Waals surface area contributed by atoms with Gasteiger partial charge in [-0.05, 0) is 18.8 Å². The second-order valence-corrected chi connectivity index (χ2v) is 5.98. The molecule has 0 aromatic rings. The predicted molar refractivity (Wildman–Crippen MR) is 56.1 cm³/mol. The van der Waals surface area contributed by atoms with Crippen molar-refractivity contribution in [2.24, 2.45) is 5.92 Å². The molecular weight excluding hydrogens is 256 g/mol. The van der Waals surface area contributed by atoms with E-state index in [1.807, 2.05) is 0 Å². The van der Waals surface area contributed by atoms with Gasteiger partial charge in [0.2, 0.25) is 0 Å². The molecule has 17 heavy (non-hydrogen) atoms. The van der Waals surface area contributed by atoms with Gasteiger partial charge in [0.05, 0.1) is 0 Å². The predicted octanol–water partition coefficient (Wildman–Crippen LogP) is 1.16. The van der Waals surface area contributed by atoms with Crippen LogP contribution in [0, 0.1) is 5.92 Å². The zero-order chi connectivity index (χ0) is 13.3. The number of halogens is 2. The van der Waals surface area contributed by atoms with Crippen molar-refractivity contribution in [3.05, 3.63) is 0 Å². The molecule has 1 aliphatic carbocycles. The van der Waals surface area contributed by atoms with E-state index in [2.05, 4.69) is 0 Å². The Labute approximate surface area is 98.3 Å². The zero-order valence-corrected chi connectivity index (χ0v) is 10.1. The van der Waals surface area contributed by atoms with Gasteiger partial charge in [-0.25, -0.2) is 8.42 Å². The normalized spacial score (nSPS) is 30.5. The third-order valence-electron chi connectivity index (χ3n) is 3.24. The largest absolute Gasteiger partial charge is 0.480 e. The Morgan fingerprint density at radius 2 is 2.06 bits per heavy atom. The fraction of sp³-hybridized carbons (Fsp3) is 0.889. The van der Waals surface area contributed by atoms with Gasteiger partial charge in [0.1, 0.15) is 5.54 Å². The van der Waals surface area contributed by atoms with Crippen LogP contribution < -0.4 is 4.72 Å². The summed E-state index contributed by atoms with van der Waals surface area (Å²) in [6.45, 7) is 1.56. The Hall–Kier alpha value is -0.760. The Bertz CT molecular complexity index is 398. The van der Waals surface area contributed by atoms with Gasteiger partial charge in [-0.3, -0.25) is 4.79 Å². The van der Waals surface area contributed by atoms with Gasteiger partial charge >= 0.3 is 11.7 Å². The van der Waals surface area contributed by atoms with Crippen LogP contribution in [0.2, 0.25) is 0 Å². The van der Waals surface area contributed by atoms with Gasteiger partial charge in [-0.1, -0.05) is 19.8 Å². The minimum Gasteiger partial charge on any atom is -0.480 e. The van der Waals surface area contributed by atoms with Gasteiger partial charge in [-0.15, -0.1) is 0 Å². The second-order valence-electron chi connectivity index (χ2n) is 4.33. The average Bonchev–Trinajstić information content (AvgIpc) is 2.20. The number of carbonyl (C=O) groups is 1. The summed E-state index contributed by atoms with van der Waals surface area (Å²) in [5.74, 6) is -5.52. The lowest BCUT2D eigenvalue weighted by molar-refractivity contribution is -0.147. The van der Waals surface area contributed by atoms with Crippen LogP contribution >= 0.6 is 0 Å². The highest BCUT2D eigenvalue weighted by molar-refractivity contribution is 7.89. The summed E-state index contributed by atoms with van der Waals surface area (Å²) < 4.78 is 48.5. The van der Waals surface area contributed by atoms with Crippen molar-refractivity contribution in [3.8, 4) is 0 Å². The Kier molecular flexibility index (Phi) is 4.08. The molecule has 0 aromatic carbocycles. The highest BCUT2D eigenvalue weighted by Gasteiger charge is 2.49. The van der Waals surface area contributed by atoms with E-state index in [-0.39, 0.29) is 6.42 Å². The first kappa shape index (κ1) is 14.3. The quantitative estimate of drug-likeness (QED) is 0.803. The molecule has 0 saturated heterocycles. The molecule has 1 rings (SSSR count). The van der Waals surface area contributed by atoms with Crippen molar-refractivity contribution in [2.45, 2.75) is 43.9 Å². The summed E-state index contributed by atoms with van der Waals surface area (Å²) in [6.07, 6.45) is 1.81. The van der Waals surface area contributed by atoms with Crippen molar-refractivity contribution in [1.82, 2.24) is 4.72 Å². The number of hydrogen-bond acceptors (Lipinski definition) is 3. The average molecular weight is 271 g/mol. The van der Waals surface area contributed by atoms with Crippen molar-refractivity contribution in [1.29, 1.82) is 0 Å². The molecule has 1 fully saturated rings. The smallest absolute Gasteiger partial charge is 0.350 e. The molecule has 0 radical (unpaired) electrons. The number of hydrogen-bond donors (Lipinski definition) is 2. The summed E-state index contributed by atoms with van der Waals surface area (Å²) in [5, 5.41) is 9.13. The van der Waals surface area contributed by atoms with E-state index in [9.17, 15) is 22.0 Å². The molecule has 8 heteroatoms. The van der Waals surface area contributed by atoms with E-state index in [4.69, 9.17) is 5.11 Å². The number of rotatable bonds is 4. The van der Waals surface area contributed by atoms with Gasteiger partial charge in [0, 0.05) is 0 Å². The summed E-state index contributed by atoms with van der Waals surface area (Å²) in [4.78, 5) is 11.2. The van der Waals surface area contributed by atoms with Crippen LogP contribution in [-0.4, -0.2) is 30.8 Å². The van der Waals surface area contributed by atoms with E-state index in [1.54, 1.807) is 11.6 Å². The molecule has 100 valence electrons. The van der Waals surface area contributed by atoms with Crippen molar-refractivity contribution < 1.29 is 27.1 Å². The maximum absolute atomic E-state index is 12.3. The Balaban J connectivity index is 3.05. The Morgan fingerprint density at radius 3 is 2.47 bits per heavy atom. The number of alkyl halides is 2. The fourth-order valence-corrected chi connectivity index (χ4v) is 3.15. The lowest BCUT2D eigenvalue weighted by Crippen LogP contribution is -2.60. The molecule has 0 heterocycles. The lowest BCUT2D eigenvalue weighted by atomic mass is 9.74. The van der Waals surface area contributed by atoms with E-state index < -0.39 is 33.2 Å². The molecule has 0 amide bonds. The SMILES string of the molecule is CC1CCCCC1(NS(=O)(=O)C(F)F)C(=O)O. The van der Waals surface area contributed by atoms with Crippen molar-refractivity contribution in [2.75, 3.05) is 0 Å². The molecule has 2 N–H and O–H groups in total.